The molecule has 0 heterocycles. The monoisotopic (exact) mass is 219 g/mol. The molecule has 0 bridgehead atoms. The van der Waals surface area contributed by atoms with E-state index in [0.717, 1.165) is 17.5 Å². The van der Waals surface area contributed by atoms with Crippen LogP contribution in [0, 0.1) is 19.3 Å². The predicted octanol–water partition coefficient (Wildman–Crippen LogP) is 2.86. The molecule has 1 aromatic carbocycles. The number of rotatable bonds is 4. The molecule has 2 heteroatoms. The Balaban J connectivity index is 3.01. The van der Waals surface area contributed by atoms with Crippen molar-refractivity contribution in [2.75, 3.05) is 6.54 Å². The van der Waals surface area contributed by atoms with Gasteiger partial charge < -0.3 is 5.73 Å². The molecule has 1 rings (SSSR count). The first-order chi connectivity index (χ1) is 7.38. The highest BCUT2D eigenvalue weighted by molar-refractivity contribution is 6.00. The maximum atomic E-state index is 12.3. The van der Waals surface area contributed by atoms with Crippen LogP contribution in [0.2, 0.25) is 0 Å². The molecule has 0 aliphatic heterocycles. The van der Waals surface area contributed by atoms with Crippen molar-refractivity contribution in [3.63, 3.8) is 0 Å². The van der Waals surface area contributed by atoms with E-state index < -0.39 is 0 Å². The number of ketones is 1. The van der Waals surface area contributed by atoms with Crippen molar-refractivity contribution in [1.82, 2.24) is 0 Å². The normalized spacial score (nSPS) is 11.6. The molecule has 0 aliphatic carbocycles. The van der Waals surface area contributed by atoms with Gasteiger partial charge in [0.25, 0.3) is 0 Å². The van der Waals surface area contributed by atoms with Crippen molar-refractivity contribution >= 4 is 5.78 Å². The van der Waals surface area contributed by atoms with Gasteiger partial charge in [-0.05, 0) is 44.0 Å². The average Bonchev–Trinajstić information content (AvgIpc) is 2.21. The van der Waals surface area contributed by atoms with Crippen LogP contribution in [0.15, 0.2) is 18.2 Å². The molecule has 0 radical (unpaired) electrons. The van der Waals surface area contributed by atoms with Gasteiger partial charge in [0.1, 0.15) is 0 Å². The molecule has 0 unspecified atom stereocenters. The number of carbonyl (C=O) groups is 1. The Labute approximate surface area is 97.9 Å². The fourth-order valence-corrected chi connectivity index (χ4v) is 1.75. The van der Waals surface area contributed by atoms with E-state index in [1.807, 2.05) is 39.0 Å². The number of nitrogens with two attached hydrogens (primary N) is 1. The van der Waals surface area contributed by atoms with Crippen LogP contribution in [0.1, 0.15) is 41.8 Å². The third kappa shape index (κ3) is 2.70. The summed E-state index contributed by atoms with van der Waals surface area (Å²) in [7, 11) is 0. The van der Waals surface area contributed by atoms with E-state index in [1.54, 1.807) is 0 Å². The van der Waals surface area contributed by atoms with E-state index in [0.29, 0.717) is 6.54 Å². The molecular weight excluding hydrogens is 198 g/mol. The molecular formula is C14H21NO. The predicted molar refractivity (Wildman–Crippen MR) is 67.7 cm³/mol. The van der Waals surface area contributed by atoms with E-state index in [9.17, 15) is 4.79 Å². The number of carbonyl (C=O) groups excluding carboxylic acids is 1. The lowest BCUT2D eigenvalue weighted by molar-refractivity contribution is 0.0829. The van der Waals surface area contributed by atoms with Gasteiger partial charge in [-0.3, -0.25) is 4.79 Å². The molecule has 16 heavy (non-hydrogen) atoms. The first-order valence-electron chi connectivity index (χ1n) is 5.70. The Morgan fingerprint density at radius 3 is 2.38 bits per heavy atom. The van der Waals surface area contributed by atoms with Gasteiger partial charge in [-0.15, -0.1) is 0 Å². The van der Waals surface area contributed by atoms with Crippen LogP contribution in [0.3, 0.4) is 0 Å². The summed E-state index contributed by atoms with van der Waals surface area (Å²) in [4.78, 5) is 12.3. The maximum Gasteiger partial charge on any atom is 0.168 e. The highest BCUT2D eigenvalue weighted by Gasteiger charge is 2.27. The van der Waals surface area contributed by atoms with Crippen LogP contribution in [-0.2, 0) is 0 Å². The largest absolute Gasteiger partial charge is 0.330 e. The van der Waals surface area contributed by atoms with Crippen molar-refractivity contribution in [1.29, 1.82) is 0 Å². The topological polar surface area (TPSA) is 43.1 Å². The second kappa shape index (κ2) is 4.79. The molecule has 2 N–H and O–H groups in total. The van der Waals surface area contributed by atoms with Gasteiger partial charge in [0.2, 0.25) is 0 Å². The fraction of sp³-hybridized carbons (Fsp3) is 0.500. The third-order valence-electron chi connectivity index (χ3n) is 3.15. The molecule has 0 amide bonds. The summed E-state index contributed by atoms with van der Waals surface area (Å²) in [5.41, 5.74) is 8.34. The molecule has 2 nitrogen and oxygen atoms in total. The molecule has 0 aliphatic rings. The zero-order valence-corrected chi connectivity index (χ0v) is 10.6. The summed E-state index contributed by atoms with van der Waals surface area (Å²) in [6, 6.07) is 5.87. The minimum absolute atomic E-state index is 0.182. The van der Waals surface area contributed by atoms with Crippen molar-refractivity contribution in [2.24, 2.45) is 11.1 Å². The highest BCUT2D eigenvalue weighted by atomic mass is 16.1. The van der Waals surface area contributed by atoms with Gasteiger partial charge in [-0.25, -0.2) is 0 Å². The SMILES string of the molecule is Cc1ccc(C(=O)C(C)(C)CCN)cc1C. The van der Waals surface area contributed by atoms with Crippen molar-refractivity contribution in [2.45, 2.75) is 34.1 Å². The van der Waals surface area contributed by atoms with E-state index in [2.05, 4.69) is 6.92 Å². The zero-order valence-electron chi connectivity index (χ0n) is 10.6. The smallest absolute Gasteiger partial charge is 0.168 e. The standard InChI is InChI=1S/C14H21NO/c1-10-5-6-12(9-11(10)2)13(16)14(3,4)7-8-15/h5-6,9H,7-8,15H2,1-4H3. The van der Waals surface area contributed by atoms with Gasteiger partial charge in [-0.1, -0.05) is 26.0 Å². The Bertz CT molecular complexity index is 394. The molecule has 0 spiro atoms. The van der Waals surface area contributed by atoms with Crippen LogP contribution in [0.5, 0.6) is 0 Å². The molecule has 1 aromatic rings. The Morgan fingerprint density at radius 1 is 1.25 bits per heavy atom. The van der Waals surface area contributed by atoms with E-state index >= 15 is 0 Å². The molecule has 0 saturated heterocycles. The van der Waals surface area contributed by atoms with Gasteiger partial charge in [-0.2, -0.15) is 0 Å². The minimum atomic E-state index is -0.365. The van der Waals surface area contributed by atoms with Crippen LogP contribution in [0.4, 0.5) is 0 Å². The first kappa shape index (κ1) is 12.9. The summed E-state index contributed by atoms with van der Waals surface area (Å²) >= 11 is 0. The summed E-state index contributed by atoms with van der Waals surface area (Å²) in [5.74, 6) is 0.182. The lowest BCUT2D eigenvalue weighted by Crippen LogP contribution is -2.27. The lowest BCUT2D eigenvalue weighted by Gasteiger charge is -2.22. The molecule has 0 fully saturated rings. The first-order valence-corrected chi connectivity index (χ1v) is 5.70. The quantitative estimate of drug-likeness (QED) is 0.791. The number of hydrogen-bond donors (Lipinski definition) is 1. The van der Waals surface area contributed by atoms with Gasteiger partial charge in [0.15, 0.2) is 5.78 Å². The molecule has 0 saturated carbocycles. The second-order valence-corrected chi connectivity index (χ2v) is 5.05. The summed E-state index contributed by atoms with van der Waals surface area (Å²) in [6.07, 6.45) is 0.721. The van der Waals surface area contributed by atoms with E-state index in [1.165, 1.54) is 5.56 Å². The Hall–Kier alpha value is -1.15. The molecule has 0 atom stereocenters. The van der Waals surface area contributed by atoms with E-state index in [4.69, 9.17) is 5.73 Å². The Morgan fingerprint density at radius 2 is 1.88 bits per heavy atom. The number of benzene rings is 1. The van der Waals surface area contributed by atoms with Gasteiger partial charge >= 0.3 is 0 Å². The van der Waals surface area contributed by atoms with Crippen molar-refractivity contribution in [3.05, 3.63) is 34.9 Å². The number of Topliss-reactive ketones (excluding diaryl/α,β-unsaturated/α-hetero) is 1. The fourth-order valence-electron chi connectivity index (χ4n) is 1.75. The van der Waals surface area contributed by atoms with E-state index in [-0.39, 0.29) is 11.2 Å². The summed E-state index contributed by atoms with van der Waals surface area (Å²) < 4.78 is 0. The zero-order chi connectivity index (χ0) is 12.3. The van der Waals surface area contributed by atoms with Crippen molar-refractivity contribution < 1.29 is 4.79 Å². The Kier molecular flexibility index (Phi) is 3.87. The van der Waals surface area contributed by atoms with Crippen LogP contribution < -0.4 is 5.73 Å². The number of hydrogen-bond acceptors (Lipinski definition) is 2. The second-order valence-electron chi connectivity index (χ2n) is 5.05. The summed E-state index contributed by atoms with van der Waals surface area (Å²) in [6.45, 7) is 8.54. The minimum Gasteiger partial charge on any atom is -0.330 e. The molecule has 88 valence electrons. The van der Waals surface area contributed by atoms with Gasteiger partial charge in [0.05, 0.1) is 0 Å². The summed E-state index contributed by atoms with van der Waals surface area (Å²) in [5, 5.41) is 0. The van der Waals surface area contributed by atoms with Crippen LogP contribution >= 0.6 is 0 Å². The third-order valence-corrected chi connectivity index (χ3v) is 3.15. The van der Waals surface area contributed by atoms with Crippen molar-refractivity contribution in [3.8, 4) is 0 Å². The highest BCUT2D eigenvalue weighted by Crippen LogP contribution is 2.26. The average molecular weight is 219 g/mol. The molecule has 0 aromatic heterocycles. The van der Waals surface area contributed by atoms with Crippen LogP contribution in [-0.4, -0.2) is 12.3 Å². The van der Waals surface area contributed by atoms with Gasteiger partial charge in [0, 0.05) is 11.0 Å². The maximum absolute atomic E-state index is 12.3. The lowest BCUT2D eigenvalue weighted by atomic mass is 9.81. The number of aryl methyl sites for hydroxylation is 2. The van der Waals surface area contributed by atoms with Crippen LogP contribution in [0.25, 0.3) is 0 Å².